The second-order valence-electron chi connectivity index (χ2n) is 5.19. The monoisotopic (exact) mass is 341 g/mol. The third-order valence-corrected chi connectivity index (χ3v) is 3.80. The van der Waals surface area contributed by atoms with Gasteiger partial charge in [0.25, 0.3) is 0 Å². The summed E-state index contributed by atoms with van der Waals surface area (Å²) in [6.45, 7) is 0.108. The molecule has 0 saturated heterocycles. The molecular weight excluding hydrogens is 326 g/mol. The molecule has 0 unspecified atom stereocenters. The molecule has 3 aromatic rings. The summed E-state index contributed by atoms with van der Waals surface area (Å²) < 4.78 is 1.80. The lowest BCUT2D eigenvalue weighted by molar-refractivity contribution is -0.114. The van der Waals surface area contributed by atoms with Gasteiger partial charge in [-0.05, 0) is 24.3 Å². The van der Waals surface area contributed by atoms with E-state index in [1.54, 1.807) is 17.0 Å². The molecule has 0 spiro atoms. The first kappa shape index (κ1) is 16.0. The molecule has 0 fully saturated rings. The predicted octanol–water partition coefficient (Wildman–Crippen LogP) is 3.19. The number of aryl methyl sites for hydroxylation is 1. The molecule has 122 valence electrons. The van der Waals surface area contributed by atoms with Crippen LogP contribution in [0.1, 0.15) is 0 Å². The van der Waals surface area contributed by atoms with Crippen LogP contribution in [0.4, 0.5) is 11.4 Å². The van der Waals surface area contributed by atoms with E-state index >= 15 is 0 Å². The van der Waals surface area contributed by atoms with Gasteiger partial charge in [0.15, 0.2) is 5.82 Å². The Morgan fingerprint density at radius 1 is 1.12 bits per heavy atom. The number of aromatic nitrogens is 3. The molecule has 24 heavy (non-hydrogen) atoms. The fraction of sp³-hybridized carbons (Fsp3) is 0.118. The Hall–Kier alpha value is -2.86. The largest absolute Gasteiger partial charge is 0.375 e. The van der Waals surface area contributed by atoms with Crippen LogP contribution in [0.15, 0.2) is 54.9 Å². The summed E-state index contributed by atoms with van der Waals surface area (Å²) in [5.74, 6) is 0.509. The van der Waals surface area contributed by atoms with Crippen molar-refractivity contribution in [3.63, 3.8) is 0 Å². The molecule has 3 rings (SSSR count). The van der Waals surface area contributed by atoms with Crippen molar-refractivity contribution in [1.82, 2.24) is 14.8 Å². The minimum absolute atomic E-state index is 0.108. The maximum atomic E-state index is 12.2. The minimum atomic E-state index is -0.176. The number of amides is 1. The Balaban J connectivity index is 1.71. The predicted molar refractivity (Wildman–Crippen MR) is 95.0 cm³/mol. The van der Waals surface area contributed by atoms with Gasteiger partial charge in [-0.25, -0.2) is 0 Å². The average molecular weight is 342 g/mol. The van der Waals surface area contributed by atoms with E-state index in [0.29, 0.717) is 16.5 Å². The van der Waals surface area contributed by atoms with Crippen LogP contribution in [0.25, 0.3) is 11.4 Å². The van der Waals surface area contributed by atoms with Crippen molar-refractivity contribution in [1.29, 1.82) is 0 Å². The molecule has 2 aromatic carbocycles. The molecule has 0 bridgehead atoms. The Morgan fingerprint density at radius 3 is 2.54 bits per heavy atom. The number of para-hydroxylation sites is 2. The third kappa shape index (κ3) is 3.55. The molecule has 0 aliphatic rings. The molecule has 1 heterocycles. The zero-order valence-electron chi connectivity index (χ0n) is 13.0. The van der Waals surface area contributed by atoms with E-state index < -0.39 is 0 Å². The number of rotatable bonds is 5. The minimum Gasteiger partial charge on any atom is -0.375 e. The number of hydrogen-bond donors (Lipinski definition) is 2. The Bertz CT molecular complexity index is 861. The van der Waals surface area contributed by atoms with Crippen molar-refractivity contribution in [2.75, 3.05) is 17.2 Å². The molecule has 0 saturated carbocycles. The number of carbonyl (C=O) groups excluding carboxylic acids is 1. The van der Waals surface area contributed by atoms with E-state index in [1.165, 1.54) is 0 Å². The van der Waals surface area contributed by atoms with Crippen LogP contribution < -0.4 is 10.6 Å². The van der Waals surface area contributed by atoms with Gasteiger partial charge < -0.3 is 15.2 Å². The zero-order chi connectivity index (χ0) is 16.9. The van der Waals surface area contributed by atoms with E-state index in [-0.39, 0.29) is 12.5 Å². The fourth-order valence-electron chi connectivity index (χ4n) is 2.29. The van der Waals surface area contributed by atoms with E-state index in [4.69, 9.17) is 11.6 Å². The number of halogens is 1. The molecule has 0 radical (unpaired) electrons. The number of hydrogen-bond acceptors (Lipinski definition) is 4. The molecule has 1 aromatic heterocycles. The lowest BCUT2D eigenvalue weighted by Gasteiger charge is -2.12. The zero-order valence-corrected chi connectivity index (χ0v) is 13.8. The lowest BCUT2D eigenvalue weighted by atomic mass is 10.1. The van der Waals surface area contributed by atoms with Crippen LogP contribution >= 0.6 is 11.6 Å². The first-order valence-electron chi connectivity index (χ1n) is 7.37. The second-order valence-corrected chi connectivity index (χ2v) is 5.60. The molecule has 0 atom stereocenters. The first-order valence-corrected chi connectivity index (χ1v) is 7.74. The molecule has 0 aliphatic carbocycles. The van der Waals surface area contributed by atoms with Crippen molar-refractivity contribution in [2.24, 2.45) is 7.05 Å². The van der Waals surface area contributed by atoms with Crippen LogP contribution in [0.5, 0.6) is 0 Å². The van der Waals surface area contributed by atoms with Gasteiger partial charge in [-0.3, -0.25) is 4.79 Å². The van der Waals surface area contributed by atoms with E-state index in [9.17, 15) is 4.79 Å². The molecule has 1 amide bonds. The standard InChI is InChI=1S/C17H16ClN5O/c1-23-11-20-22-17(23)12-6-2-4-8-14(12)21-16(24)10-19-15-9-5-3-7-13(15)18/h2-9,11,19H,10H2,1H3,(H,21,24). The van der Waals surface area contributed by atoms with Gasteiger partial charge in [0.2, 0.25) is 5.91 Å². The van der Waals surface area contributed by atoms with Crippen molar-refractivity contribution in [3.8, 4) is 11.4 Å². The molecule has 6 nitrogen and oxygen atoms in total. The number of nitrogens with one attached hydrogen (secondary N) is 2. The summed E-state index contributed by atoms with van der Waals surface area (Å²) in [6.07, 6.45) is 1.62. The van der Waals surface area contributed by atoms with Crippen LogP contribution in [0.3, 0.4) is 0 Å². The Kier molecular flexibility index (Phi) is 4.77. The van der Waals surface area contributed by atoms with Gasteiger partial charge in [0.1, 0.15) is 6.33 Å². The highest BCUT2D eigenvalue weighted by atomic mass is 35.5. The Labute approximate surface area is 144 Å². The van der Waals surface area contributed by atoms with E-state index in [1.807, 2.05) is 49.5 Å². The van der Waals surface area contributed by atoms with Crippen molar-refractivity contribution < 1.29 is 4.79 Å². The third-order valence-electron chi connectivity index (χ3n) is 3.47. The van der Waals surface area contributed by atoms with Gasteiger partial charge in [0, 0.05) is 12.6 Å². The smallest absolute Gasteiger partial charge is 0.243 e. The van der Waals surface area contributed by atoms with Crippen LogP contribution in [-0.4, -0.2) is 27.2 Å². The summed E-state index contributed by atoms with van der Waals surface area (Å²) in [6, 6.07) is 14.8. The van der Waals surface area contributed by atoms with Crippen LogP contribution in [0, 0.1) is 0 Å². The van der Waals surface area contributed by atoms with Gasteiger partial charge in [-0.2, -0.15) is 0 Å². The fourth-order valence-corrected chi connectivity index (χ4v) is 2.49. The number of benzene rings is 2. The highest BCUT2D eigenvalue weighted by molar-refractivity contribution is 6.33. The number of nitrogens with zero attached hydrogens (tertiary/aromatic N) is 3. The number of carbonyl (C=O) groups is 1. The van der Waals surface area contributed by atoms with Crippen LogP contribution in [0.2, 0.25) is 5.02 Å². The molecule has 2 N–H and O–H groups in total. The molecule has 7 heteroatoms. The van der Waals surface area contributed by atoms with Crippen molar-refractivity contribution >= 4 is 28.9 Å². The first-order chi connectivity index (χ1) is 11.6. The van der Waals surface area contributed by atoms with Crippen molar-refractivity contribution in [2.45, 2.75) is 0 Å². The highest BCUT2D eigenvalue weighted by Crippen LogP contribution is 2.25. The van der Waals surface area contributed by atoms with E-state index in [2.05, 4.69) is 20.8 Å². The normalized spacial score (nSPS) is 10.4. The van der Waals surface area contributed by atoms with Gasteiger partial charge in [0.05, 0.1) is 22.9 Å². The Morgan fingerprint density at radius 2 is 1.83 bits per heavy atom. The summed E-state index contributed by atoms with van der Waals surface area (Å²) in [5.41, 5.74) is 2.21. The topological polar surface area (TPSA) is 71.8 Å². The van der Waals surface area contributed by atoms with E-state index in [0.717, 1.165) is 11.3 Å². The SMILES string of the molecule is Cn1cnnc1-c1ccccc1NC(=O)CNc1ccccc1Cl. The molecule has 0 aliphatic heterocycles. The number of anilines is 2. The summed E-state index contributed by atoms with van der Waals surface area (Å²) in [7, 11) is 1.85. The van der Waals surface area contributed by atoms with Crippen LogP contribution in [-0.2, 0) is 11.8 Å². The summed E-state index contributed by atoms with van der Waals surface area (Å²) in [4.78, 5) is 12.2. The lowest BCUT2D eigenvalue weighted by Crippen LogP contribution is -2.22. The van der Waals surface area contributed by atoms with Gasteiger partial charge >= 0.3 is 0 Å². The van der Waals surface area contributed by atoms with Crippen molar-refractivity contribution in [3.05, 3.63) is 59.9 Å². The maximum Gasteiger partial charge on any atom is 0.243 e. The maximum absolute atomic E-state index is 12.2. The molecular formula is C17H16ClN5O. The van der Waals surface area contributed by atoms with Gasteiger partial charge in [-0.15, -0.1) is 10.2 Å². The second kappa shape index (κ2) is 7.14. The van der Waals surface area contributed by atoms with Gasteiger partial charge in [-0.1, -0.05) is 35.9 Å². The average Bonchev–Trinajstić information content (AvgIpc) is 3.00. The summed E-state index contributed by atoms with van der Waals surface area (Å²) in [5, 5.41) is 14.5. The summed E-state index contributed by atoms with van der Waals surface area (Å²) >= 11 is 6.07. The quantitative estimate of drug-likeness (QED) is 0.747. The highest BCUT2D eigenvalue weighted by Gasteiger charge is 2.12.